The molecule has 3 heteroatoms. The molecular weight excluding hydrogens is 178 g/mol. The number of aliphatic hydroxyl groups is 2. The molecule has 1 rings (SSSR count). The highest BCUT2D eigenvalue weighted by Crippen LogP contribution is 2.10. The van der Waals surface area contributed by atoms with Crippen molar-refractivity contribution >= 4 is 0 Å². The predicted molar refractivity (Wildman–Crippen MR) is 56.0 cm³/mol. The zero-order chi connectivity index (χ0) is 10.4. The summed E-state index contributed by atoms with van der Waals surface area (Å²) in [5.74, 6) is 0. The second kappa shape index (κ2) is 5.75. The number of nitrogens with one attached hydrogen (secondary N) is 1. The molecule has 0 saturated carbocycles. The first-order valence-electron chi connectivity index (χ1n) is 4.82. The quantitative estimate of drug-likeness (QED) is 0.648. The SMILES string of the molecule is CC(O)CNCC(O)c1ccccc1. The van der Waals surface area contributed by atoms with Gasteiger partial charge in [0.1, 0.15) is 0 Å². The second-order valence-corrected chi connectivity index (χ2v) is 3.43. The van der Waals surface area contributed by atoms with Crippen LogP contribution in [0.2, 0.25) is 0 Å². The Hall–Kier alpha value is -0.900. The number of rotatable bonds is 5. The highest BCUT2D eigenvalue weighted by Gasteiger charge is 2.05. The monoisotopic (exact) mass is 195 g/mol. The van der Waals surface area contributed by atoms with Crippen LogP contribution < -0.4 is 5.32 Å². The van der Waals surface area contributed by atoms with Crippen molar-refractivity contribution in [2.45, 2.75) is 19.1 Å². The minimum atomic E-state index is -0.505. The molecule has 0 heterocycles. The minimum absolute atomic E-state index is 0.377. The molecule has 0 bridgehead atoms. The van der Waals surface area contributed by atoms with E-state index in [0.717, 1.165) is 5.56 Å². The molecule has 2 atom stereocenters. The topological polar surface area (TPSA) is 52.5 Å². The molecule has 0 aromatic heterocycles. The largest absolute Gasteiger partial charge is 0.392 e. The lowest BCUT2D eigenvalue weighted by atomic mass is 10.1. The first-order chi connectivity index (χ1) is 6.70. The third-order valence-electron chi connectivity index (χ3n) is 1.96. The Morgan fingerprint density at radius 3 is 2.36 bits per heavy atom. The lowest BCUT2D eigenvalue weighted by Crippen LogP contribution is -2.28. The average Bonchev–Trinajstić information content (AvgIpc) is 2.18. The van der Waals surface area contributed by atoms with Crippen molar-refractivity contribution in [3.05, 3.63) is 35.9 Å². The van der Waals surface area contributed by atoms with Crippen molar-refractivity contribution in [3.8, 4) is 0 Å². The molecule has 3 nitrogen and oxygen atoms in total. The van der Waals surface area contributed by atoms with Gasteiger partial charge < -0.3 is 15.5 Å². The van der Waals surface area contributed by atoms with Gasteiger partial charge in [-0.1, -0.05) is 30.3 Å². The first-order valence-corrected chi connectivity index (χ1v) is 4.82. The van der Waals surface area contributed by atoms with Crippen molar-refractivity contribution in [3.63, 3.8) is 0 Å². The Balaban J connectivity index is 2.32. The van der Waals surface area contributed by atoms with Gasteiger partial charge >= 0.3 is 0 Å². The van der Waals surface area contributed by atoms with Gasteiger partial charge in [0, 0.05) is 13.1 Å². The Bertz CT molecular complexity index is 249. The van der Waals surface area contributed by atoms with Crippen LogP contribution in [0.25, 0.3) is 0 Å². The Labute approximate surface area is 84.4 Å². The molecule has 0 aliphatic rings. The molecule has 0 aliphatic heterocycles. The molecule has 0 amide bonds. The van der Waals surface area contributed by atoms with E-state index in [4.69, 9.17) is 5.11 Å². The van der Waals surface area contributed by atoms with Gasteiger partial charge in [-0.2, -0.15) is 0 Å². The first kappa shape index (κ1) is 11.2. The normalized spacial score (nSPS) is 15.1. The van der Waals surface area contributed by atoms with Gasteiger partial charge in [-0.3, -0.25) is 0 Å². The van der Waals surface area contributed by atoms with Gasteiger partial charge in [0.25, 0.3) is 0 Å². The summed E-state index contributed by atoms with van der Waals surface area (Å²) in [4.78, 5) is 0. The molecule has 0 aliphatic carbocycles. The fraction of sp³-hybridized carbons (Fsp3) is 0.455. The van der Waals surface area contributed by atoms with E-state index < -0.39 is 6.10 Å². The van der Waals surface area contributed by atoms with Crippen LogP contribution in [0, 0.1) is 0 Å². The average molecular weight is 195 g/mol. The summed E-state index contributed by atoms with van der Waals surface area (Å²) in [5.41, 5.74) is 0.894. The number of benzene rings is 1. The third-order valence-corrected chi connectivity index (χ3v) is 1.96. The summed E-state index contributed by atoms with van der Waals surface area (Å²) in [6.07, 6.45) is -0.882. The van der Waals surface area contributed by atoms with E-state index in [-0.39, 0.29) is 6.10 Å². The molecule has 0 fully saturated rings. The maximum Gasteiger partial charge on any atom is 0.0914 e. The van der Waals surface area contributed by atoms with E-state index in [2.05, 4.69) is 5.32 Å². The summed E-state index contributed by atoms with van der Waals surface area (Å²) in [5, 5.41) is 21.7. The lowest BCUT2D eigenvalue weighted by Gasteiger charge is -2.12. The molecule has 0 spiro atoms. The van der Waals surface area contributed by atoms with Gasteiger partial charge in [0.15, 0.2) is 0 Å². The van der Waals surface area contributed by atoms with Gasteiger partial charge in [-0.25, -0.2) is 0 Å². The Morgan fingerprint density at radius 2 is 1.79 bits per heavy atom. The number of hydrogen-bond acceptors (Lipinski definition) is 3. The van der Waals surface area contributed by atoms with Crippen LogP contribution in [0.15, 0.2) is 30.3 Å². The van der Waals surface area contributed by atoms with Gasteiger partial charge in [-0.15, -0.1) is 0 Å². The van der Waals surface area contributed by atoms with Crippen LogP contribution in [0.5, 0.6) is 0 Å². The number of hydrogen-bond donors (Lipinski definition) is 3. The summed E-state index contributed by atoms with van der Waals surface area (Å²) < 4.78 is 0. The van der Waals surface area contributed by atoms with Crippen LogP contribution in [-0.2, 0) is 0 Å². The molecular formula is C11H17NO2. The molecule has 78 valence electrons. The fourth-order valence-electron chi connectivity index (χ4n) is 1.22. The predicted octanol–water partition coefficient (Wildman–Crippen LogP) is 0.690. The molecule has 1 aromatic carbocycles. The van der Waals surface area contributed by atoms with Crippen molar-refractivity contribution in [2.75, 3.05) is 13.1 Å². The van der Waals surface area contributed by atoms with E-state index in [9.17, 15) is 5.11 Å². The van der Waals surface area contributed by atoms with Crippen LogP contribution in [0.3, 0.4) is 0 Å². The van der Waals surface area contributed by atoms with Crippen LogP contribution in [-0.4, -0.2) is 29.4 Å². The van der Waals surface area contributed by atoms with Crippen molar-refractivity contribution < 1.29 is 10.2 Å². The molecule has 0 saturated heterocycles. The van der Waals surface area contributed by atoms with E-state index >= 15 is 0 Å². The molecule has 2 unspecified atom stereocenters. The van der Waals surface area contributed by atoms with Crippen molar-refractivity contribution in [2.24, 2.45) is 0 Å². The van der Waals surface area contributed by atoms with Crippen molar-refractivity contribution in [1.82, 2.24) is 5.32 Å². The summed E-state index contributed by atoms with van der Waals surface area (Å²) >= 11 is 0. The third kappa shape index (κ3) is 3.87. The van der Waals surface area contributed by atoms with Gasteiger partial charge in [-0.05, 0) is 12.5 Å². The highest BCUT2D eigenvalue weighted by atomic mass is 16.3. The summed E-state index contributed by atoms with van der Waals surface area (Å²) in [6.45, 7) is 2.68. The maximum atomic E-state index is 9.69. The zero-order valence-corrected chi connectivity index (χ0v) is 8.35. The minimum Gasteiger partial charge on any atom is -0.392 e. The van der Waals surface area contributed by atoms with E-state index in [1.807, 2.05) is 30.3 Å². The molecule has 0 radical (unpaired) electrons. The van der Waals surface area contributed by atoms with E-state index in [0.29, 0.717) is 13.1 Å². The standard InChI is InChI=1S/C11H17NO2/c1-9(13)7-12-8-11(14)10-5-3-2-4-6-10/h2-6,9,11-14H,7-8H2,1H3. The Morgan fingerprint density at radius 1 is 1.14 bits per heavy atom. The number of aliphatic hydroxyl groups excluding tert-OH is 2. The second-order valence-electron chi connectivity index (χ2n) is 3.43. The van der Waals surface area contributed by atoms with Crippen LogP contribution >= 0.6 is 0 Å². The van der Waals surface area contributed by atoms with Gasteiger partial charge in [0.05, 0.1) is 12.2 Å². The fourth-order valence-corrected chi connectivity index (χ4v) is 1.22. The maximum absolute atomic E-state index is 9.69. The molecule has 14 heavy (non-hydrogen) atoms. The van der Waals surface area contributed by atoms with Crippen LogP contribution in [0.1, 0.15) is 18.6 Å². The smallest absolute Gasteiger partial charge is 0.0914 e. The van der Waals surface area contributed by atoms with E-state index in [1.54, 1.807) is 6.92 Å². The van der Waals surface area contributed by atoms with Crippen molar-refractivity contribution in [1.29, 1.82) is 0 Å². The summed E-state index contributed by atoms with van der Waals surface area (Å²) in [7, 11) is 0. The van der Waals surface area contributed by atoms with Gasteiger partial charge in [0.2, 0.25) is 0 Å². The molecule has 1 aromatic rings. The highest BCUT2D eigenvalue weighted by molar-refractivity contribution is 5.17. The van der Waals surface area contributed by atoms with Crippen LogP contribution in [0.4, 0.5) is 0 Å². The van der Waals surface area contributed by atoms with E-state index in [1.165, 1.54) is 0 Å². The lowest BCUT2D eigenvalue weighted by molar-refractivity contribution is 0.155. The summed E-state index contributed by atoms with van der Waals surface area (Å²) in [6, 6.07) is 9.48. The molecule has 3 N–H and O–H groups in total. The zero-order valence-electron chi connectivity index (χ0n) is 8.35. The Kier molecular flexibility index (Phi) is 4.59.